The first kappa shape index (κ1) is 18.5. The van der Waals surface area contributed by atoms with Gasteiger partial charge < -0.3 is 9.64 Å². The Labute approximate surface area is 162 Å². The van der Waals surface area contributed by atoms with Crippen molar-refractivity contribution < 1.29 is 22.7 Å². The number of anilines is 1. The number of imide groups is 1. The number of hydrogen-bond donors (Lipinski definition) is 1. The molecule has 0 atom stereocenters. The summed E-state index contributed by atoms with van der Waals surface area (Å²) in [6.45, 7) is 1.76. The zero-order valence-corrected chi connectivity index (χ0v) is 16.0. The minimum atomic E-state index is -3.75. The number of rotatable bonds is 4. The van der Waals surface area contributed by atoms with E-state index in [2.05, 4.69) is 10.2 Å². The Balaban J connectivity index is 1.50. The van der Waals surface area contributed by atoms with Crippen molar-refractivity contribution in [3.63, 3.8) is 0 Å². The van der Waals surface area contributed by atoms with Crippen molar-refractivity contribution in [2.75, 3.05) is 38.2 Å². The van der Waals surface area contributed by atoms with E-state index in [1.807, 2.05) is 24.3 Å². The highest BCUT2D eigenvalue weighted by atomic mass is 32.2. The van der Waals surface area contributed by atoms with Crippen molar-refractivity contribution >= 4 is 27.5 Å². The second-order valence-electron chi connectivity index (χ2n) is 6.58. The topological polar surface area (TPSA) is 96.0 Å². The van der Waals surface area contributed by atoms with Crippen LogP contribution in [0.4, 0.5) is 5.69 Å². The van der Waals surface area contributed by atoms with Gasteiger partial charge in [-0.1, -0.05) is 0 Å². The molecular weight excluding hydrogens is 382 g/mol. The largest absolute Gasteiger partial charge is 0.497 e. The summed E-state index contributed by atoms with van der Waals surface area (Å²) in [6.07, 6.45) is 0. The molecule has 0 unspecified atom stereocenters. The number of ether oxygens (including phenoxy) is 1. The maximum Gasteiger partial charge on any atom is 0.258 e. The zero-order chi connectivity index (χ0) is 19.9. The van der Waals surface area contributed by atoms with Gasteiger partial charge in [0.15, 0.2) is 0 Å². The van der Waals surface area contributed by atoms with Crippen molar-refractivity contribution in [3.05, 3.63) is 53.6 Å². The third-order valence-corrected chi connectivity index (χ3v) is 6.92. The number of carbonyl (C=O) groups is 2. The summed E-state index contributed by atoms with van der Waals surface area (Å²) < 4.78 is 32.5. The molecule has 0 saturated carbocycles. The minimum Gasteiger partial charge on any atom is -0.497 e. The number of fused-ring (bicyclic) bond motifs is 1. The molecule has 1 saturated heterocycles. The number of benzene rings is 2. The van der Waals surface area contributed by atoms with E-state index in [1.54, 1.807) is 7.11 Å². The smallest absolute Gasteiger partial charge is 0.258 e. The highest BCUT2D eigenvalue weighted by Gasteiger charge is 2.32. The summed E-state index contributed by atoms with van der Waals surface area (Å²) >= 11 is 0. The van der Waals surface area contributed by atoms with Crippen molar-refractivity contribution in [1.82, 2.24) is 9.62 Å². The number of methoxy groups -OCH3 is 1. The van der Waals surface area contributed by atoms with Gasteiger partial charge in [-0.3, -0.25) is 14.9 Å². The lowest BCUT2D eigenvalue weighted by atomic mass is 10.1. The quantitative estimate of drug-likeness (QED) is 0.771. The van der Waals surface area contributed by atoms with Crippen molar-refractivity contribution in [1.29, 1.82) is 0 Å². The number of carbonyl (C=O) groups excluding carboxylic acids is 2. The minimum absolute atomic E-state index is 0.0222. The second-order valence-corrected chi connectivity index (χ2v) is 8.52. The number of piperazine rings is 1. The van der Waals surface area contributed by atoms with Crippen LogP contribution in [0.1, 0.15) is 20.7 Å². The number of nitrogens with zero attached hydrogens (tertiary/aromatic N) is 2. The molecular formula is C19H19N3O5S. The SMILES string of the molecule is COc1ccc(N2CCN(S(=O)(=O)c3ccc4c(c3)C(=O)NC4=O)CC2)cc1. The van der Waals surface area contributed by atoms with Crippen LogP contribution in [-0.4, -0.2) is 57.8 Å². The standard InChI is InChI=1S/C19H19N3O5S/c1-27-14-4-2-13(3-5-14)21-8-10-22(11-9-21)28(25,26)15-6-7-16-17(12-15)19(24)20-18(16)23/h2-7,12H,8-11H2,1H3,(H,20,23,24). The van der Waals surface area contributed by atoms with Crippen LogP contribution in [0.5, 0.6) is 5.75 Å². The summed E-state index contributed by atoms with van der Waals surface area (Å²) in [7, 11) is -2.14. The van der Waals surface area contributed by atoms with Crippen molar-refractivity contribution in [2.24, 2.45) is 0 Å². The van der Waals surface area contributed by atoms with Crippen LogP contribution in [0, 0.1) is 0 Å². The van der Waals surface area contributed by atoms with Gasteiger partial charge in [-0.15, -0.1) is 0 Å². The molecule has 0 aromatic heterocycles. The first-order valence-corrected chi connectivity index (χ1v) is 10.2. The molecule has 2 heterocycles. The fourth-order valence-corrected chi connectivity index (χ4v) is 4.89. The van der Waals surface area contributed by atoms with Gasteiger partial charge in [0.05, 0.1) is 23.1 Å². The number of nitrogens with one attached hydrogen (secondary N) is 1. The highest BCUT2D eigenvalue weighted by Crippen LogP contribution is 2.25. The van der Waals surface area contributed by atoms with Gasteiger partial charge in [0, 0.05) is 31.9 Å². The Morgan fingerprint density at radius 2 is 1.54 bits per heavy atom. The molecule has 2 aromatic rings. The van der Waals surface area contributed by atoms with E-state index in [1.165, 1.54) is 22.5 Å². The Morgan fingerprint density at radius 3 is 2.18 bits per heavy atom. The van der Waals surface area contributed by atoms with Gasteiger partial charge in [-0.2, -0.15) is 4.31 Å². The third-order valence-electron chi connectivity index (χ3n) is 5.02. The predicted octanol–water partition coefficient (Wildman–Crippen LogP) is 1.09. The normalized spacial score (nSPS) is 17.4. The molecule has 1 fully saturated rings. The maximum atomic E-state index is 13.0. The fourth-order valence-electron chi connectivity index (χ4n) is 3.44. The molecule has 28 heavy (non-hydrogen) atoms. The predicted molar refractivity (Wildman–Crippen MR) is 102 cm³/mol. The van der Waals surface area contributed by atoms with Gasteiger partial charge in [-0.25, -0.2) is 8.42 Å². The summed E-state index contributed by atoms with van der Waals surface area (Å²) in [6, 6.07) is 11.7. The lowest BCUT2D eigenvalue weighted by Crippen LogP contribution is -2.48. The van der Waals surface area contributed by atoms with Crippen LogP contribution >= 0.6 is 0 Å². The second kappa shape index (κ2) is 6.92. The molecule has 0 radical (unpaired) electrons. The van der Waals surface area contributed by atoms with Gasteiger partial charge in [-0.05, 0) is 42.5 Å². The van der Waals surface area contributed by atoms with Crippen LogP contribution in [0.15, 0.2) is 47.4 Å². The molecule has 1 N–H and O–H groups in total. The molecule has 146 valence electrons. The third kappa shape index (κ3) is 3.12. The molecule has 2 aliphatic heterocycles. The average molecular weight is 401 g/mol. The fraction of sp³-hybridized carbons (Fsp3) is 0.263. The van der Waals surface area contributed by atoms with Gasteiger partial charge in [0.25, 0.3) is 11.8 Å². The van der Waals surface area contributed by atoms with E-state index in [0.717, 1.165) is 11.4 Å². The molecule has 2 amide bonds. The van der Waals surface area contributed by atoms with Crippen LogP contribution in [0.3, 0.4) is 0 Å². The van der Waals surface area contributed by atoms with E-state index >= 15 is 0 Å². The molecule has 2 aliphatic rings. The summed E-state index contributed by atoms with van der Waals surface area (Å²) in [5, 5.41) is 2.17. The van der Waals surface area contributed by atoms with E-state index < -0.39 is 21.8 Å². The van der Waals surface area contributed by atoms with Crippen LogP contribution in [-0.2, 0) is 10.0 Å². The first-order valence-electron chi connectivity index (χ1n) is 8.79. The highest BCUT2D eigenvalue weighted by molar-refractivity contribution is 7.89. The monoisotopic (exact) mass is 401 g/mol. The van der Waals surface area contributed by atoms with E-state index in [0.29, 0.717) is 26.2 Å². The zero-order valence-electron chi connectivity index (χ0n) is 15.2. The van der Waals surface area contributed by atoms with Crippen LogP contribution < -0.4 is 15.0 Å². The van der Waals surface area contributed by atoms with E-state index in [9.17, 15) is 18.0 Å². The van der Waals surface area contributed by atoms with Crippen molar-refractivity contribution in [2.45, 2.75) is 4.90 Å². The lowest BCUT2D eigenvalue weighted by Gasteiger charge is -2.35. The number of hydrogen-bond acceptors (Lipinski definition) is 6. The number of amides is 2. The molecule has 4 rings (SSSR count). The van der Waals surface area contributed by atoms with Gasteiger partial charge >= 0.3 is 0 Å². The Hall–Kier alpha value is -2.91. The molecule has 0 bridgehead atoms. The van der Waals surface area contributed by atoms with Crippen LogP contribution in [0.2, 0.25) is 0 Å². The van der Waals surface area contributed by atoms with Gasteiger partial charge in [0.1, 0.15) is 5.75 Å². The van der Waals surface area contributed by atoms with Gasteiger partial charge in [0.2, 0.25) is 10.0 Å². The van der Waals surface area contributed by atoms with Crippen LogP contribution in [0.25, 0.3) is 0 Å². The van der Waals surface area contributed by atoms with Crippen molar-refractivity contribution in [3.8, 4) is 5.75 Å². The van der Waals surface area contributed by atoms with E-state index in [4.69, 9.17) is 4.74 Å². The molecule has 9 heteroatoms. The molecule has 2 aromatic carbocycles. The average Bonchev–Trinajstić information content (AvgIpc) is 3.01. The summed E-state index contributed by atoms with van der Waals surface area (Å²) in [5.74, 6) is -0.303. The first-order chi connectivity index (χ1) is 13.4. The summed E-state index contributed by atoms with van der Waals surface area (Å²) in [4.78, 5) is 25.6. The summed E-state index contributed by atoms with van der Waals surface area (Å²) in [5.41, 5.74) is 1.31. The Bertz CT molecular complexity index is 1040. The number of sulfonamides is 1. The molecule has 0 aliphatic carbocycles. The Kier molecular flexibility index (Phi) is 4.56. The molecule has 8 nitrogen and oxygen atoms in total. The maximum absolute atomic E-state index is 13.0. The lowest BCUT2D eigenvalue weighted by molar-refractivity contribution is 0.0879. The Morgan fingerprint density at radius 1 is 0.893 bits per heavy atom. The molecule has 0 spiro atoms. The van der Waals surface area contributed by atoms with E-state index in [-0.39, 0.29) is 16.0 Å².